The largest absolute Gasteiger partial charge is 0.573 e. The molecule has 29 heavy (non-hydrogen) atoms. The number of benzene rings is 2. The monoisotopic (exact) mass is 406 g/mol. The third-order valence-electron chi connectivity index (χ3n) is 4.58. The summed E-state index contributed by atoms with van der Waals surface area (Å²) >= 11 is 0. The second-order valence-electron chi connectivity index (χ2n) is 6.84. The molecule has 2 aromatic carbocycles. The molecule has 0 radical (unpaired) electrons. The number of nitrogens with one attached hydrogen (secondary N) is 1. The van der Waals surface area contributed by atoms with Gasteiger partial charge in [-0.25, -0.2) is 0 Å². The average Bonchev–Trinajstić information content (AvgIpc) is 3.21. The molecular weight excluding hydrogens is 385 g/mol. The van der Waals surface area contributed by atoms with E-state index in [1.54, 1.807) is 18.2 Å². The van der Waals surface area contributed by atoms with Crippen molar-refractivity contribution in [1.29, 1.82) is 0 Å². The Labute approximate surface area is 166 Å². The minimum Gasteiger partial charge on any atom is -0.406 e. The molecule has 2 aromatic rings. The maximum Gasteiger partial charge on any atom is 0.573 e. The number of halogens is 3. The lowest BCUT2D eigenvalue weighted by molar-refractivity contribution is -0.274. The predicted octanol–water partition coefficient (Wildman–Crippen LogP) is 3.68. The summed E-state index contributed by atoms with van der Waals surface area (Å²) in [6.45, 7) is 1.80. The van der Waals surface area contributed by atoms with Gasteiger partial charge in [0.2, 0.25) is 5.91 Å². The van der Waals surface area contributed by atoms with Gasteiger partial charge in [0.15, 0.2) is 0 Å². The molecule has 8 heteroatoms. The number of likely N-dealkylation sites (tertiary alicyclic amines) is 1. The predicted molar refractivity (Wildman–Crippen MR) is 100 cm³/mol. The first-order chi connectivity index (χ1) is 13.8. The number of amides is 2. The van der Waals surface area contributed by atoms with Gasteiger partial charge in [0.25, 0.3) is 5.91 Å². The summed E-state index contributed by atoms with van der Waals surface area (Å²) in [6, 6.07) is 12.3. The number of hydrogen-bond donors (Lipinski definition) is 1. The summed E-state index contributed by atoms with van der Waals surface area (Å²) in [5.74, 6) is -0.608. The summed E-state index contributed by atoms with van der Waals surface area (Å²) in [5.41, 5.74) is 1.96. The van der Waals surface area contributed by atoms with E-state index in [-0.39, 0.29) is 30.5 Å². The normalized spacial score (nSPS) is 14.0. The molecule has 0 saturated carbocycles. The Morgan fingerprint density at radius 1 is 1.00 bits per heavy atom. The van der Waals surface area contributed by atoms with Gasteiger partial charge >= 0.3 is 6.36 Å². The van der Waals surface area contributed by atoms with E-state index in [9.17, 15) is 22.8 Å². The molecule has 1 aliphatic rings. The van der Waals surface area contributed by atoms with Crippen LogP contribution in [0.2, 0.25) is 0 Å². The van der Waals surface area contributed by atoms with E-state index >= 15 is 0 Å². The minimum atomic E-state index is -4.75. The highest BCUT2D eigenvalue weighted by Crippen LogP contribution is 2.22. The fourth-order valence-electron chi connectivity index (χ4n) is 3.17. The number of nitrogens with zero attached hydrogens (tertiary/aromatic N) is 1. The van der Waals surface area contributed by atoms with Crippen LogP contribution < -0.4 is 10.1 Å². The Bertz CT molecular complexity index is 860. The molecule has 2 amide bonds. The van der Waals surface area contributed by atoms with Gasteiger partial charge in [-0.1, -0.05) is 24.3 Å². The van der Waals surface area contributed by atoms with Crippen molar-refractivity contribution >= 4 is 11.8 Å². The Hall–Kier alpha value is -3.03. The van der Waals surface area contributed by atoms with E-state index in [1.807, 2.05) is 11.0 Å². The van der Waals surface area contributed by atoms with E-state index in [0.29, 0.717) is 11.1 Å². The van der Waals surface area contributed by atoms with E-state index < -0.39 is 6.36 Å². The number of carbonyl (C=O) groups excluding carboxylic acids is 2. The summed E-state index contributed by atoms with van der Waals surface area (Å²) in [5, 5.41) is 2.76. The van der Waals surface area contributed by atoms with Crippen LogP contribution in [-0.4, -0.2) is 36.2 Å². The van der Waals surface area contributed by atoms with Crippen molar-refractivity contribution in [2.24, 2.45) is 0 Å². The first-order valence-electron chi connectivity index (χ1n) is 9.30. The topological polar surface area (TPSA) is 58.6 Å². The van der Waals surface area contributed by atoms with Crippen molar-refractivity contribution in [1.82, 2.24) is 10.2 Å². The number of hydrogen-bond acceptors (Lipinski definition) is 3. The summed E-state index contributed by atoms with van der Waals surface area (Å²) in [6.07, 6.45) is -2.68. The first-order valence-corrected chi connectivity index (χ1v) is 9.30. The molecule has 0 bridgehead atoms. The second kappa shape index (κ2) is 8.98. The fourth-order valence-corrected chi connectivity index (χ4v) is 3.17. The molecule has 1 heterocycles. The molecule has 5 nitrogen and oxygen atoms in total. The highest BCUT2D eigenvalue weighted by molar-refractivity contribution is 5.94. The lowest BCUT2D eigenvalue weighted by atomic mass is 10.1. The van der Waals surface area contributed by atoms with Crippen molar-refractivity contribution in [3.05, 3.63) is 65.2 Å². The van der Waals surface area contributed by atoms with Crippen LogP contribution in [0.3, 0.4) is 0 Å². The third-order valence-corrected chi connectivity index (χ3v) is 4.58. The first kappa shape index (κ1) is 20.7. The van der Waals surface area contributed by atoms with Crippen LogP contribution in [0.15, 0.2) is 48.5 Å². The Morgan fingerprint density at radius 2 is 1.69 bits per heavy atom. The van der Waals surface area contributed by atoms with Gasteiger partial charge < -0.3 is 15.0 Å². The molecule has 1 N–H and O–H groups in total. The third kappa shape index (κ3) is 6.23. The maximum atomic E-state index is 12.5. The molecule has 0 spiro atoms. The molecule has 1 aliphatic heterocycles. The molecule has 1 fully saturated rings. The molecule has 154 valence electrons. The molecule has 3 rings (SSSR count). The zero-order chi connectivity index (χ0) is 20.9. The summed E-state index contributed by atoms with van der Waals surface area (Å²) < 4.78 is 40.3. The van der Waals surface area contributed by atoms with Crippen molar-refractivity contribution in [2.45, 2.75) is 32.2 Å². The van der Waals surface area contributed by atoms with Crippen LogP contribution in [0.25, 0.3) is 0 Å². The van der Waals surface area contributed by atoms with Gasteiger partial charge in [-0.3, -0.25) is 9.59 Å². The zero-order valence-electron chi connectivity index (χ0n) is 15.7. The SMILES string of the molecule is O=C(Cc1ccc(OC(F)(F)F)cc1)NCc1cccc(C(=O)N2CCCC2)c1. The van der Waals surface area contributed by atoms with E-state index in [0.717, 1.165) is 31.5 Å². The molecule has 0 aliphatic carbocycles. The van der Waals surface area contributed by atoms with Gasteiger partial charge in [0.1, 0.15) is 5.75 Å². The van der Waals surface area contributed by atoms with E-state index in [4.69, 9.17) is 0 Å². The number of ether oxygens (including phenoxy) is 1. The molecule has 0 unspecified atom stereocenters. The van der Waals surface area contributed by atoms with Crippen molar-refractivity contribution in [3.8, 4) is 5.75 Å². The van der Waals surface area contributed by atoms with Crippen molar-refractivity contribution < 1.29 is 27.5 Å². The lowest BCUT2D eigenvalue weighted by Gasteiger charge is -2.15. The van der Waals surface area contributed by atoms with E-state index in [1.165, 1.54) is 24.3 Å². The van der Waals surface area contributed by atoms with Gasteiger partial charge in [-0.2, -0.15) is 0 Å². The number of carbonyl (C=O) groups is 2. The zero-order valence-corrected chi connectivity index (χ0v) is 15.7. The van der Waals surface area contributed by atoms with Gasteiger partial charge in [0, 0.05) is 25.2 Å². The summed E-state index contributed by atoms with van der Waals surface area (Å²) in [7, 11) is 0. The smallest absolute Gasteiger partial charge is 0.406 e. The molecular formula is C21H21F3N2O3. The van der Waals surface area contributed by atoms with E-state index in [2.05, 4.69) is 10.1 Å². The van der Waals surface area contributed by atoms with Crippen LogP contribution in [0.5, 0.6) is 5.75 Å². The van der Waals surface area contributed by atoms with Gasteiger partial charge in [-0.05, 0) is 48.2 Å². The Kier molecular flexibility index (Phi) is 6.41. The van der Waals surface area contributed by atoms with Crippen LogP contribution in [0, 0.1) is 0 Å². The van der Waals surface area contributed by atoms with Crippen LogP contribution in [-0.2, 0) is 17.8 Å². The van der Waals surface area contributed by atoms with Crippen LogP contribution in [0.4, 0.5) is 13.2 Å². The number of alkyl halides is 3. The fraction of sp³-hybridized carbons (Fsp3) is 0.333. The molecule has 0 atom stereocenters. The highest BCUT2D eigenvalue weighted by atomic mass is 19.4. The highest BCUT2D eigenvalue weighted by Gasteiger charge is 2.31. The Morgan fingerprint density at radius 3 is 2.34 bits per heavy atom. The second-order valence-corrected chi connectivity index (χ2v) is 6.84. The average molecular weight is 406 g/mol. The number of rotatable bonds is 6. The quantitative estimate of drug-likeness (QED) is 0.796. The minimum absolute atomic E-state index is 0.00292. The Balaban J connectivity index is 1.51. The lowest BCUT2D eigenvalue weighted by Crippen LogP contribution is -2.28. The van der Waals surface area contributed by atoms with Gasteiger partial charge in [-0.15, -0.1) is 13.2 Å². The van der Waals surface area contributed by atoms with Crippen LogP contribution in [0.1, 0.15) is 34.3 Å². The van der Waals surface area contributed by atoms with Crippen LogP contribution >= 0.6 is 0 Å². The summed E-state index contributed by atoms with van der Waals surface area (Å²) in [4.78, 5) is 26.4. The van der Waals surface area contributed by atoms with Crippen molar-refractivity contribution in [3.63, 3.8) is 0 Å². The molecule has 0 aromatic heterocycles. The molecule has 1 saturated heterocycles. The maximum absolute atomic E-state index is 12.5. The van der Waals surface area contributed by atoms with Crippen molar-refractivity contribution in [2.75, 3.05) is 13.1 Å². The standard InChI is InChI=1S/C21H21F3N2O3/c22-21(23,24)29-18-8-6-15(7-9-18)13-19(27)25-14-16-4-3-5-17(12-16)20(28)26-10-1-2-11-26/h3-9,12H,1-2,10-11,13-14H2,(H,25,27). The van der Waals surface area contributed by atoms with Gasteiger partial charge in [0.05, 0.1) is 6.42 Å².